The molecule has 0 saturated heterocycles. The first-order chi connectivity index (χ1) is 13.6. The first-order valence-corrected chi connectivity index (χ1v) is 10.0. The van der Waals surface area contributed by atoms with Crippen molar-refractivity contribution < 1.29 is 23.9 Å². The molecule has 0 spiro atoms. The van der Waals surface area contributed by atoms with Crippen LogP contribution in [0.1, 0.15) is 63.2 Å². The largest absolute Gasteiger partial charge is 0.451 e. The molecular weight excluding hydrogens is 392 g/mol. The number of thioether (sulfide) groups is 1. The number of carbonyl (C=O) groups is 4. The fraction of sp³-hybridized carbons (Fsp3) is 0.333. The first kappa shape index (κ1) is 20.9. The van der Waals surface area contributed by atoms with Gasteiger partial charge in [0.15, 0.2) is 11.9 Å². The van der Waals surface area contributed by atoms with Crippen LogP contribution in [0.15, 0.2) is 23.1 Å². The van der Waals surface area contributed by atoms with E-state index in [4.69, 9.17) is 4.74 Å². The van der Waals surface area contributed by atoms with Gasteiger partial charge in [-0.15, -0.1) is 11.8 Å². The summed E-state index contributed by atoms with van der Waals surface area (Å²) in [6.45, 7) is 8.14. The molecule has 8 heteroatoms. The quantitative estimate of drug-likeness (QED) is 0.571. The predicted octanol–water partition coefficient (Wildman–Crippen LogP) is 3.70. The first-order valence-electron chi connectivity index (χ1n) is 9.17. The van der Waals surface area contributed by atoms with E-state index in [2.05, 4.69) is 10.3 Å². The third-order valence-electron chi connectivity index (χ3n) is 4.84. The molecule has 1 amide bonds. The van der Waals surface area contributed by atoms with E-state index in [9.17, 15) is 19.2 Å². The minimum absolute atomic E-state index is 0.129. The second-order valence-corrected chi connectivity index (χ2v) is 8.44. The predicted molar refractivity (Wildman–Crippen MR) is 110 cm³/mol. The lowest BCUT2D eigenvalue weighted by molar-refractivity contribution is -0.115. The summed E-state index contributed by atoms with van der Waals surface area (Å²) in [7, 11) is 0. The number of carbonyl (C=O) groups excluding carboxylic acids is 4. The number of H-pyrrole nitrogens is 1. The normalized spacial score (nSPS) is 16.6. The number of aromatic nitrogens is 1. The van der Waals surface area contributed by atoms with Gasteiger partial charge in [-0.25, -0.2) is 4.79 Å². The average Bonchev–Trinajstić information content (AvgIpc) is 2.95. The van der Waals surface area contributed by atoms with Crippen molar-refractivity contribution in [3.63, 3.8) is 0 Å². The maximum atomic E-state index is 12.8. The molecule has 0 radical (unpaired) electrons. The van der Waals surface area contributed by atoms with Crippen molar-refractivity contribution in [2.75, 3.05) is 5.32 Å². The van der Waals surface area contributed by atoms with Gasteiger partial charge in [-0.3, -0.25) is 14.4 Å². The molecule has 7 nitrogen and oxygen atoms in total. The highest BCUT2D eigenvalue weighted by Gasteiger charge is 2.28. The van der Waals surface area contributed by atoms with Crippen LogP contribution in [-0.2, 0) is 9.53 Å². The summed E-state index contributed by atoms with van der Waals surface area (Å²) in [5, 5.41) is 2.56. The van der Waals surface area contributed by atoms with Crippen molar-refractivity contribution in [1.82, 2.24) is 4.98 Å². The summed E-state index contributed by atoms with van der Waals surface area (Å²) >= 11 is 1.41. The van der Waals surface area contributed by atoms with Crippen LogP contribution in [0.4, 0.5) is 5.69 Å². The second-order valence-electron chi connectivity index (χ2n) is 7.05. The summed E-state index contributed by atoms with van der Waals surface area (Å²) in [6, 6.07) is 4.90. The van der Waals surface area contributed by atoms with Crippen molar-refractivity contribution in [2.45, 2.75) is 50.9 Å². The Kier molecular flexibility index (Phi) is 5.66. The van der Waals surface area contributed by atoms with Gasteiger partial charge in [0.25, 0.3) is 0 Å². The molecule has 152 valence electrons. The van der Waals surface area contributed by atoms with Gasteiger partial charge in [-0.2, -0.15) is 0 Å². The molecule has 0 fully saturated rings. The Labute approximate surface area is 172 Å². The minimum atomic E-state index is -1.04. The number of hydrogen-bond acceptors (Lipinski definition) is 6. The zero-order valence-electron chi connectivity index (χ0n) is 16.8. The van der Waals surface area contributed by atoms with Gasteiger partial charge in [-0.05, 0) is 58.4 Å². The van der Waals surface area contributed by atoms with E-state index in [0.717, 1.165) is 4.90 Å². The zero-order valence-corrected chi connectivity index (χ0v) is 17.7. The highest BCUT2D eigenvalue weighted by atomic mass is 32.2. The van der Waals surface area contributed by atoms with Gasteiger partial charge in [0.05, 0.1) is 22.2 Å². The van der Waals surface area contributed by atoms with E-state index in [-0.39, 0.29) is 28.2 Å². The maximum absolute atomic E-state index is 12.8. The number of aromatic amines is 1. The number of rotatable bonds is 5. The number of amides is 1. The number of benzene rings is 1. The molecule has 1 aliphatic rings. The fourth-order valence-electron chi connectivity index (χ4n) is 3.35. The van der Waals surface area contributed by atoms with E-state index in [1.54, 1.807) is 39.0 Å². The molecular formula is C21H22N2O5S. The van der Waals surface area contributed by atoms with E-state index < -0.39 is 17.9 Å². The Bertz CT molecular complexity index is 1040. The van der Waals surface area contributed by atoms with Crippen molar-refractivity contribution >= 4 is 40.9 Å². The van der Waals surface area contributed by atoms with E-state index in [1.807, 2.05) is 0 Å². The number of Topliss-reactive ketones (excluding diaryl/α,β-unsaturated/α-hetero) is 2. The molecule has 1 aromatic heterocycles. The van der Waals surface area contributed by atoms with Crippen LogP contribution in [0, 0.1) is 13.8 Å². The van der Waals surface area contributed by atoms with Gasteiger partial charge in [0.2, 0.25) is 11.7 Å². The summed E-state index contributed by atoms with van der Waals surface area (Å²) < 4.78 is 5.34. The van der Waals surface area contributed by atoms with Crippen molar-refractivity contribution in [3.8, 4) is 0 Å². The Balaban J connectivity index is 1.77. The molecule has 2 heterocycles. The average molecular weight is 414 g/mol. The Morgan fingerprint density at radius 2 is 1.90 bits per heavy atom. The van der Waals surface area contributed by atoms with Crippen LogP contribution in [-0.4, -0.2) is 39.8 Å². The van der Waals surface area contributed by atoms with E-state index >= 15 is 0 Å². The molecule has 3 rings (SSSR count). The number of fused-ring (bicyclic) bond motifs is 1. The van der Waals surface area contributed by atoms with Crippen molar-refractivity contribution in [2.24, 2.45) is 0 Å². The number of hydrogen-bond donors (Lipinski definition) is 2. The summed E-state index contributed by atoms with van der Waals surface area (Å²) in [4.78, 5) is 52.7. The van der Waals surface area contributed by atoms with Gasteiger partial charge in [0, 0.05) is 16.2 Å². The SMILES string of the molecule is CC(=O)c1c(C)[nH]c(C(=O)[C@@H](C)OC(=O)c2ccc3c(c2)NC(=O)[C@@H](C)S3)c1C. The minimum Gasteiger partial charge on any atom is -0.451 e. The molecule has 2 atom stereocenters. The fourth-order valence-corrected chi connectivity index (χ4v) is 4.28. The van der Waals surface area contributed by atoms with E-state index in [0.29, 0.717) is 22.5 Å². The van der Waals surface area contributed by atoms with Gasteiger partial charge in [-0.1, -0.05) is 0 Å². The lowest BCUT2D eigenvalue weighted by atomic mass is 10.0. The molecule has 2 aromatic rings. The monoisotopic (exact) mass is 414 g/mol. The number of ketones is 2. The number of aryl methyl sites for hydroxylation is 1. The Morgan fingerprint density at radius 1 is 1.21 bits per heavy atom. The molecule has 0 aliphatic carbocycles. The zero-order chi connectivity index (χ0) is 21.5. The highest BCUT2D eigenvalue weighted by Crippen LogP contribution is 2.36. The van der Waals surface area contributed by atoms with Crippen LogP contribution < -0.4 is 5.32 Å². The number of nitrogens with one attached hydrogen (secondary N) is 2. The topological polar surface area (TPSA) is 105 Å². The summed E-state index contributed by atoms with van der Waals surface area (Å²) in [5.74, 6) is -1.35. The van der Waals surface area contributed by atoms with Crippen LogP contribution in [0.3, 0.4) is 0 Å². The van der Waals surface area contributed by atoms with Crippen LogP contribution in [0.2, 0.25) is 0 Å². The number of esters is 1. The van der Waals surface area contributed by atoms with Gasteiger partial charge < -0.3 is 15.0 Å². The third-order valence-corrected chi connectivity index (χ3v) is 6.01. The molecule has 1 aliphatic heterocycles. The Morgan fingerprint density at radius 3 is 2.52 bits per heavy atom. The van der Waals surface area contributed by atoms with Crippen LogP contribution in [0.25, 0.3) is 0 Å². The standard InChI is InChI=1S/C21H22N2O5S/c1-9-17(11(3)24)10(2)22-18(9)19(25)12(4)28-21(27)14-6-7-16-15(8-14)23-20(26)13(5)29-16/h6-8,12-13,22H,1-5H3,(H,23,26)/t12-,13-/m1/s1. The summed E-state index contributed by atoms with van der Waals surface area (Å²) in [5.41, 5.74) is 2.68. The molecule has 0 bridgehead atoms. The third kappa shape index (κ3) is 3.98. The Hall–Kier alpha value is -2.87. The molecule has 0 unspecified atom stereocenters. The van der Waals surface area contributed by atoms with E-state index in [1.165, 1.54) is 25.6 Å². The lowest BCUT2D eigenvalue weighted by Gasteiger charge is -2.21. The van der Waals surface area contributed by atoms with Crippen molar-refractivity contribution in [1.29, 1.82) is 0 Å². The smallest absolute Gasteiger partial charge is 0.338 e. The molecule has 2 N–H and O–H groups in total. The maximum Gasteiger partial charge on any atom is 0.338 e. The number of ether oxygens (including phenoxy) is 1. The highest BCUT2D eigenvalue weighted by molar-refractivity contribution is 8.00. The number of anilines is 1. The molecule has 1 aromatic carbocycles. The molecule has 29 heavy (non-hydrogen) atoms. The summed E-state index contributed by atoms with van der Waals surface area (Å²) in [6.07, 6.45) is -1.04. The van der Waals surface area contributed by atoms with Crippen LogP contribution in [0.5, 0.6) is 0 Å². The van der Waals surface area contributed by atoms with Crippen LogP contribution >= 0.6 is 11.8 Å². The van der Waals surface area contributed by atoms with Gasteiger partial charge in [0.1, 0.15) is 0 Å². The lowest BCUT2D eigenvalue weighted by Crippen LogP contribution is -2.27. The van der Waals surface area contributed by atoms with Gasteiger partial charge >= 0.3 is 5.97 Å². The molecule has 0 saturated carbocycles. The second kappa shape index (κ2) is 7.87. The van der Waals surface area contributed by atoms with Crippen molar-refractivity contribution in [3.05, 3.63) is 46.3 Å².